The average Bonchev–Trinajstić information content (AvgIpc) is 2.60. The maximum absolute atomic E-state index is 12.1. The van der Waals surface area contributed by atoms with Gasteiger partial charge in [-0.2, -0.15) is 0 Å². The normalized spacial score (nSPS) is 11.4. The smallest absolute Gasteiger partial charge is 0.304 e. The number of hydrogen-bond acceptors (Lipinski definition) is 7. The lowest BCUT2D eigenvalue weighted by molar-refractivity contribution is -0.384. The highest BCUT2D eigenvalue weighted by Crippen LogP contribution is 2.20. The van der Waals surface area contributed by atoms with E-state index in [-0.39, 0.29) is 23.6 Å². The van der Waals surface area contributed by atoms with Gasteiger partial charge in [0.05, 0.1) is 11.3 Å². The third-order valence-electron chi connectivity index (χ3n) is 3.03. The minimum absolute atomic E-state index is 0.0880. The summed E-state index contributed by atoms with van der Waals surface area (Å²) in [5.41, 5.74) is -0.101. The van der Waals surface area contributed by atoms with Gasteiger partial charge in [-0.1, -0.05) is 27.7 Å². The van der Waals surface area contributed by atoms with Crippen molar-refractivity contribution in [2.75, 3.05) is 18.1 Å². The van der Waals surface area contributed by atoms with E-state index in [1.807, 2.05) is 0 Å². The molecule has 0 radical (unpaired) electrons. The second-order valence-electron chi connectivity index (χ2n) is 5.08. The first-order chi connectivity index (χ1) is 12.3. The van der Waals surface area contributed by atoms with E-state index < -0.39 is 22.8 Å². The van der Waals surface area contributed by atoms with Gasteiger partial charge >= 0.3 is 5.97 Å². The largest absolute Gasteiger partial charge is 0.481 e. The lowest BCUT2D eigenvalue weighted by Gasteiger charge is -2.14. The highest BCUT2D eigenvalue weighted by molar-refractivity contribution is 8.76. The third-order valence-corrected chi connectivity index (χ3v) is 5.44. The summed E-state index contributed by atoms with van der Waals surface area (Å²) in [6.07, 6.45) is 0.0880. The Morgan fingerprint density at radius 2 is 1.96 bits per heavy atom. The van der Waals surface area contributed by atoms with Crippen molar-refractivity contribution in [1.29, 1.82) is 0 Å². The highest BCUT2D eigenvalue weighted by atomic mass is 33.1. The molecule has 0 aliphatic carbocycles. The summed E-state index contributed by atoms with van der Waals surface area (Å²) in [6.45, 7) is 1.89. The number of nitrogens with one attached hydrogen (secondary N) is 2. The van der Waals surface area contributed by atoms with Crippen LogP contribution < -0.4 is 10.6 Å². The zero-order chi connectivity index (χ0) is 19.5. The molecule has 1 rings (SSSR count). The molecule has 0 saturated heterocycles. The number of carboxylic acid groups (broad SMARTS) is 1. The van der Waals surface area contributed by atoms with E-state index in [1.54, 1.807) is 0 Å². The Morgan fingerprint density at radius 3 is 2.62 bits per heavy atom. The standard InChI is InChI=1S/C15H19N3O6S2/c1-10(14(21)16-6-8-26-25-7-5-13(19)20)17-15(22)11-3-2-4-12(9-11)18(23)24/h2-4,9-10H,5-8H2,1H3,(H,16,21)(H,17,22)(H,19,20). The Bertz CT molecular complexity index is 671. The summed E-state index contributed by atoms with van der Waals surface area (Å²) in [6, 6.07) is 4.45. The van der Waals surface area contributed by atoms with Crippen molar-refractivity contribution in [1.82, 2.24) is 10.6 Å². The van der Waals surface area contributed by atoms with Gasteiger partial charge in [0.15, 0.2) is 0 Å². The fourth-order valence-corrected chi connectivity index (χ4v) is 3.61. The van der Waals surface area contributed by atoms with Crippen LogP contribution in [0.3, 0.4) is 0 Å². The van der Waals surface area contributed by atoms with Gasteiger partial charge in [-0.05, 0) is 13.0 Å². The predicted octanol–water partition coefficient (Wildman–Crippen LogP) is 1.69. The Labute approximate surface area is 157 Å². The minimum atomic E-state index is -0.847. The van der Waals surface area contributed by atoms with Gasteiger partial charge in [0, 0.05) is 35.7 Å². The van der Waals surface area contributed by atoms with Crippen molar-refractivity contribution < 1.29 is 24.4 Å². The summed E-state index contributed by atoms with van der Waals surface area (Å²) < 4.78 is 0. The maximum atomic E-state index is 12.1. The Balaban J connectivity index is 2.33. The molecule has 0 saturated carbocycles. The molecule has 1 aromatic carbocycles. The van der Waals surface area contributed by atoms with Crippen LogP contribution in [0, 0.1) is 10.1 Å². The van der Waals surface area contributed by atoms with Crippen molar-refractivity contribution in [3.63, 3.8) is 0 Å². The monoisotopic (exact) mass is 401 g/mol. The zero-order valence-electron chi connectivity index (χ0n) is 14.0. The van der Waals surface area contributed by atoms with Crippen LogP contribution in [0.5, 0.6) is 0 Å². The SMILES string of the molecule is CC(NC(=O)c1cccc([N+](=O)[O-])c1)C(=O)NCCSSCCC(=O)O. The molecule has 0 spiro atoms. The number of benzene rings is 1. The molecule has 0 aliphatic heterocycles. The van der Waals surface area contributed by atoms with Gasteiger partial charge in [-0.3, -0.25) is 24.5 Å². The van der Waals surface area contributed by atoms with Gasteiger partial charge in [-0.25, -0.2) is 0 Å². The first kappa shape index (κ1) is 21.8. The molecule has 1 atom stereocenters. The first-order valence-corrected chi connectivity index (χ1v) is 10.1. The molecule has 0 heterocycles. The summed E-state index contributed by atoms with van der Waals surface area (Å²) in [5, 5.41) is 24.4. The number of aliphatic carboxylic acids is 1. The second kappa shape index (κ2) is 11.4. The number of nitrogens with zero attached hydrogens (tertiary/aromatic N) is 1. The third kappa shape index (κ3) is 8.21. The van der Waals surface area contributed by atoms with Gasteiger partial charge < -0.3 is 15.7 Å². The van der Waals surface area contributed by atoms with Crippen LogP contribution in [0.4, 0.5) is 5.69 Å². The van der Waals surface area contributed by atoms with Crippen LogP contribution in [0.1, 0.15) is 23.7 Å². The molecule has 0 fully saturated rings. The molecule has 0 aromatic heterocycles. The van der Waals surface area contributed by atoms with Crippen molar-refractivity contribution in [2.45, 2.75) is 19.4 Å². The molecular formula is C15H19N3O6S2. The molecule has 3 N–H and O–H groups in total. The maximum Gasteiger partial charge on any atom is 0.304 e. The zero-order valence-corrected chi connectivity index (χ0v) is 15.6. The van der Waals surface area contributed by atoms with Crippen LogP contribution >= 0.6 is 21.6 Å². The lowest BCUT2D eigenvalue weighted by atomic mass is 10.1. The van der Waals surface area contributed by atoms with E-state index in [0.29, 0.717) is 18.1 Å². The van der Waals surface area contributed by atoms with Gasteiger partial charge in [0.25, 0.3) is 11.6 Å². The molecule has 1 unspecified atom stereocenters. The molecule has 0 bridgehead atoms. The summed E-state index contributed by atoms with van der Waals surface area (Å²) in [7, 11) is 2.86. The Kier molecular flexibility index (Phi) is 9.52. The van der Waals surface area contributed by atoms with Gasteiger partial charge in [0.2, 0.25) is 5.91 Å². The predicted molar refractivity (Wildman–Crippen MR) is 100 cm³/mol. The van der Waals surface area contributed by atoms with Crippen LogP contribution in [0.25, 0.3) is 0 Å². The molecule has 9 nitrogen and oxygen atoms in total. The average molecular weight is 401 g/mol. The van der Waals surface area contributed by atoms with Crippen LogP contribution in [-0.2, 0) is 9.59 Å². The van der Waals surface area contributed by atoms with Crippen molar-refractivity contribution in [3.8, 4) is 0 Å². The number of non-ortho nitro benzene ring substituents is 1. The van der Waals surface area contributed by atoms with E-state index in [9.17, 15) is 24.5 Å². The van der Waals surface area contributed by atoms with E-state index in [1.165, 1.54) is 46.7 Å². The minimum Gasteiger partial charge on any atom is -0.481 e. The summed E-state index contributed by atoms with van der Waals surface area (Å²) in [5.74, 6) is -0.708. The van der Waals surface area contributed by atoms with Crippen LogP contribution in [0.15, 0.2) is 24.3 Å². The quantitative estimate of drug-likeness (QED) is 0.220. The van der Waals surface area contributed by atoms with Crippen molar-refractivity contribution in [2.24, 2.45) is 0 Å². The first-order valence-electron chi connectivity index (χ1n) is 7.60. The number of carboxylic acids is 1. The number of amides is 2. The van der Waals surface area contributed by atoms with Crippen molar-refractivity contribution in [3.05, 3.63) is 39.9 Å². The molecular weight excluding hydrogens is 382 g/mol. The van der Waals surface area contributed by atoms with Crippen molar-refractivity contribution >= 4 is 45.1 Å². The van der Waals surface area contributed by atoms with Gasteiger partial charge in [0.1, 0.15) is 6.04 Å². The summed E-state index contributed by atoms with van der Waals surface area (Å²) in [4.78, 5) is 44.5. The number of hydrogen-bond donors (Lipinski definition) is 3. The molecule has 11 heteroatoms. The van der Waals surface area contributed by atoms with Crippen LogP contribution in [0.2, 0.25) is 0 Å². The summed E-state index contributed by atoms with van der Waals surface area (Å²) >= 11 is 0. The van der Waals surface area contributed by atoms with E-state index in [2.05, 4.69) is 10.6 Å². The Morgan fingerprint density at radius 1 is 1.27 bits per heavy atom. The fraction of sp³-hybridized carbons (Fsp3) is 0.400. The topological polar surface area (TPSA) is 139 Å². The Hall–Kier alpha value is -2.27. The van der Waals surface area contributed by atoms with E-state index >= 15 is 0 Å². The number of carbonyl (C=O) groups excluding carboxylic acids is 2. The van der Waals surface area contributed by atoms with E-state index in [0.717, 1.165) is 6.07 Å². The molecule has 2 amide bonds. The number of rotatable bonds is 11. The lowest BCUT2D eigenvalue weighted by Crippen LogP contribution is -2.45. The number of nitro groups is 1. The highest BCUT2D eigenvalue weighted by Gasteiger charge is 2.17. The molecule has 1 aromatic rings. The molecule has 0 aliphatic rings. The van der Waals surface area contributed by atoms with Crippen LogP contribution in [-0.4, -0.2) is 51.9 Å². The van der Waals surface area contributed by atoms with Gasteiger partial charge in [-0.15, -0.1) is 0 Å². The second-order valence-corrected chi connectivity index (χ2v) is 7.78. The van der Waals surface area contributed by atoms with E-state index in [4.69, 9.17) is 5.11 Å². The molecule has 26 heavy (non-hydrogen) atoms. The number of carbonyl (C=O) groups is 3. The molecule has 142 valence electrons. The fourth-order valence-electron chi connectivity index (χ4n) is 1.72. The number of nitro benzene ring substituents is 1.